The van der Waals surface area contributed by atoms with E-state index >= 15 is 0 Å². The van der Waals surface area contributed by atoms with E-state index < -0.39 is 0 Å². The van der Waals surface area contributed by atoms with Crippen LogP contribution in [0.15, 0.2) is 12.1 Å². The lowest BCUT2D eigenvalue weighted by Gasteiger charge is -2.15. The molecule has 0 aliphatic carbocycles. The van der Waals surface area contributed by atoms with Crippen LogP contribution in [0.1, 0.15) is 46.1 Å². The Morgan fingerprint density at radius 1 is 1.13 bits per heavy atom. The summed E-state index contributed by atoms with van der Waals surface area (Å²) in [5, 5.41) is 4.00. The summed E-state index contributed by atoms with van der Waals surface area (Å²) >= 11 is 6.35. The van der Waals surface area contributed by atoms with Gasteiger partial charge in [-0.25, -0.2) is 0 Å². The molecular weight excluding hydrogens is 314 g/mol. The van der Waals surface area contributed by atoms with Crippen LogP contribution >= 0.6 is 11.6 Å². The van der Waals surface area contributed by atoms with Crippen LogP contribution in [0.2, 0.25) is 5.02 Å². The zero-order valence-electron chi connectivity index (χ0n) is 14.8. The van der Waals surface area contributed by atoms with Crippen molar-refractivity contribution in [3.63, 3.8) is 0 Å². The maximum Gasteiger partial charge on any atom is 0.179 e. The molecule has 0 radical (unpaired) electrons. The lowest BCUT2D eigenvalue weighted by atomic mass is 10.2. The lowest BCUT2D eigenvalue weighted by Crippen LogP contribution is -2.17. The number of rotatable bonds is 12. The first-order valence-electron chi connectivity index (χ1n) is 8.48. The molecule has 0 unspecified atom stereocenters. The minimum absolute atomic E-state index is 0.290. The van der Waals surface area contributed by atoms with Gasteiger partial charge in [-0.1, -0.05) is 18.5 Å². The second kappa shape index (κ2) is 11.5. The van der Waals surface area contributed by atoms with Crippen molar-refractivity contribution >= 4 is 11.6 Å². The van der Waals surface area contributed by atoms with Gasteiger partial charge in [-0.05, 0) is 57.9 Å². The minimum atomic E-state index is 0.290. The van der Waals surface area contributed by atoms with Crippen molar-refractivity contribution in [1.82, 2.24) is 5.32 Å². The Kier molecular flexibility index (Phi) is 10.1. The molecule has 0 saturated carbocycles. The molecule has 1 aromatic carbocycles. The Morgan fingerprint density at radius 3 is 2.57 bits per heavy atom. The molecule has 0 aliphatic heterocycles. The Bertz CT molecular complexity index is 452. The summed E-state index contributed by atoms with van der Waals surface area (Å²) in [4.78, 5) is 0. The predicted octanol–water partition coefficient (Wildman–Crippen LogP) is 4.43. The number of hydrogen-bond acceptors (Lipinski definition) is 4. The summed E-state index contributed by atoms with van der Waals surface area (Å²) in [6.07, 6.45) is 2.21. The van der Waals surface area contributed by atoms with Gasteiger partial charge in [0.05, 0.1) is 24.3 Å². The molecule has 0 atom stereocenters. The van der Waals surface area contributed by atoms with E-state index in [9.17, 15) is 0 Å². The maximum atomic E-state index is 6.35. The summed E-state index contributed by atoms with van der Waals surface area (Å²) in [7, 11) is 0. The summed E-state index contributed by atoms with van der Waals surface area (Å²) in [5.74, 6) is 1.36. The molecule has 4 nitrogen and oxygen atoms in total. The normalized spacial score (nSPS) is 11.0. The van der Waals surface area contributed by atoms with E-state index in [1.807, 2.05) is 32.9 Å². The van der Waals surface area contributed by atoms with Gasteiger partial charge in [-0.2, -0.15) is 0 Å². The van der Waals surface area contributed by atoms with Gasteiger partial charge in [0.15, 0.2) is 11.5 Å². The predicted molar refractivity (Wildman–Crippen MR) is 95.8 cm³/mol. The fraction of sp³-hybridized carbons (Fsp3) is 0.667. The number of hydrogen-bond donors (Lipinski definition) is 1. The molecule has 5 heteroatoms. The second-order valence-electron chi connectivity index (χ2n) is 5.64. The highest BCUT2D eigenvalue weighted by atomic mass is 35.5. The fourth-order valence-corrected chi connectivity index (χ4v) is 2.37. The van der Waals surface area contributed by atoms with E-state index in [2.05, 4.69) is 12.2 Å². The van der Waals surface area contributed by atoms with Crippen LogP contribution < -0.4 is 14.8 Å². The van der Waals surface area contributed by atoms with Crippen LogP contribution in [0.25, 0.3) is 0 Å². The largest absolute Gasteiger partial charge is 0.490 e. The third kappa shape index (κ3) is 7.91. The first kappa shape index (κ1) is 20.1. The monoisotopic (exact) mass is 343 g/mol. The topological polar surface area (TPSA) is 39.7 Å². The lowest BCUT2D eigenvalue weighted by molar-refractivity contribution is 0.0770. The molecule has 132 valence electrons. The van der Waals surface area contributed by atoms with E-state index in [1.165, 1.54) is 0 Å². The van der Waals surface area contributed by atoms with Crippen LogP contribution in [-0.4, -0.2) is 32.5 Å². The number of nitrogens with one attached hydrogen (secondary N) is 1. The number of ether oxygens (including phenoxy) is 3. The first-order chi connectivity index (χ1) is 11.1. The summed E-state index contributed by atoms with van der Waals surface area (Å²) in [6.45, 7) is 11.8. The summed E-state index contributed by atoms with van der Waals surface area (Å²) in [5.41, 5.74) is 1.09. The van der Waals surface area contributed by atoms with Gasteiger partial charge >= 0.3 is 0 Å². The average molecular weight is 344 g/mol. The molecule has 1 N–H and O–H groups in total. The fourth-order valence-electron chi connectivity index (χ4n) is 2.08. The van der Waals surface area contributed by atoms with Crippen molar-refractivity contribution < 1.29 is 14.2 Å². The van der Waals surface area contributed by atoms with Gasteiger partial charge in [0.25, 0.3) is 0 Å². The molecule has 0 fully saturated rings. The zero-order valence-corrected chi connectivity index (χ0v) is 15.5. The van der Waals surface area contributed by atoms with Gasteiger partial charge in [-0.15, -0.1) is 0 Å². The number of benzene rings is 1. The minimum Gasteiger partial charge on any atom is -0.490 e. The van der Waals surface area contributed by atoms with Crippen molar-refractivity contribution in [2.75, 3.05) is 26.4 Å². The molecule has 0 amide bonds. The highest BCUT2D eigenvalue weighted by Crippen LogP contribution is 2.36. The van der Waals surface area contributed by atoms with E-state index in [0.717, 1.165) is 38.1 Å². The maximum absolute atomic E-state index is 6.35. The molecule has 0 saturated heterocycles. The molecule has 1 rings (SSSR count). The molecule has 0 spiro atoms. The molecule has 0 heterocycles. The highest BCUT2D eigenvalue weighted by Gasteiger charge is 2.12. The molecule has 0 bridgehead atoms. The van der Waals surface area contributed by atoms with Gasteiger partial charge in [0, 0.05) is 13.2 Å². The van der Waals surface area contributed by atoms with Crippen molar-refractivity contribution in [2.45, 2.75) is 53.2 Å². The van der Waals surface area contributed by atoms with Crippen LogP contribution in [0.3, 0.4) is 0 Å². The Hall–Kier alpha value is -0.970. The quantitative estimate of drug-likeness (QED) is 0.570. The highest BCUT2D eigenvalue weighted by molar-refractivity contribution is 6.32. The number of halogens is 1. The third-order valence-corrected chi connectivity index (χ3v) is 3.38. The molecule has 23 heavy (non-hydrogen) atoms. The molecule has 1 aromatic rings. The average Bonchev–Trinajstić information content (AvgIpc) is 2.50. The van der Waals surface area contributed by atoms with E-state index in [1.54, 1.807) is 0 Å². The zero-order chi connectivity index (χ0) is 17.1. The van der Waals surface area contributed by atoms with Gasteiger partial charge in [-0.3, -0.25) is 0 Å². The first-order valence-corrected chi connectivity index (χ1v) is 8.86. The third-order valence-electron chi connectivity index (χ3n) is 3.10. The van der Waals surface area contributed by atoms with E-state index in [0.29, 0.717) is 35.8 Å². The Balaban J connectivity index is 2.55. The second-order valence-corrected chi connectivity index (χ2v) is 6.04. The van der Waals surface area contributed by atoms with Crippen molar-refractivity contribution in [3.8, 4) is 11.5 Å². The SMILES string of the molecule is CCCOc1c(Cl)cc(CNCCCOC(C)C)cc1OCC. The van der Waals surface area contributed by atoms with Crippen LogP contribution in [0.4, 0.5) is 0 Å². The van der Waals surface area contributed by atoms with Gasteiger partial charge < -0.3 is 19.5 Å². The Labute approximate surface area is 145 Å². The van der Waals surface area contributed by atoms with E-state index in [4.69, 9.17) is 25.8 Å². The van der Waals surface area contributed by atoms with E-state index in [-0.39, 0.29) is 0 Å². The van der Waals surface area contributed by atoms with Crippen LogP contribution in [0.5, 0.6) is 11.5 Å². The van der Waals surface area contributed by atoms with Crippen LogP contribution in [0, 0.1) is 0 Å². The molecule has 0 aliphatic rings. The van der Waals surface area contributed by atoms with Crippen molar-refractivity contribution in [2.24, 2.45) is 0 Å². The molecule has 0 aromatic heterocycles. The van der Waals surface area contributed by atoms with Crippen LogP contribution in [-0.2, 0) is 11.3 Å². The smallest absolute Gasteiger partial charge is 0.179 e. The summed E-state index contributed by atoms with van der Waals surface area (Å²) < 4.78 is 16.9. The van der Waals surface area contributed by atoms with Crippen molar-refractivity contribution in [1.29, 1.82) is 0 Å². The Morgan fingerprint density at radius 2 is 1.91 bits per heavy atom. The van der Waals surface area contributed by atoms with Gasteiger partial charge in [0.2, 0.25) is 0 Å². The van der Waals surface area contributed by atoms with Gasteiger partial charge in [0.1, 0.15) is 0 Å². The molecular formula is C18H30ClNO3. The van der Waals surface area contributed by atoms with Crippen molar-refractivity contribution in [3.05, 3.63) is 22.7 Å². The summed E-state index contributed by atoms with van der Waals surface area (Å²) in [6, 6.07) is 3.94. The standard InChI is InChI=1S/C18H30ClNO3/c1-5-9-23-18-16(19)11-15(12-17(18)21-6-2)13-20-8-7-10-22-14(3)4/h11-12,14,20H,5-10,13H2,1-4H3.